The summed E-state index contributed by atoms with van der Waals surface area (Å²) in [6.45, 7) is 3.26. The highest BCUT2D eigenvalue weighted by Crippen LogP contribution is 2.43. The number of hydrogen-bond donors (Lipinski definition) is 1. The van der Waals surface area contributed by atoms with E-state index in [0.717, 1.165) is 25.2 Å². The first-order valence-corrected chi connectivity index (χ1v) is 10.9. The first kappa shape index (κ1) is 18.6. The molecule has 0 radical (unpaired) electrons. The van der Waals surface area contributed by atoms with Crippen LogP contribution < -0.4 is 4.90 Å². The van der Waals surface area contributed by atoms with E-state index in [2.05, 4.69) is 45.1 Å². The molecule has 29 heavy (non-hydrogen) atoms. The Labute approximate surface area is 172 Å². The highest BCUT2D eigenvalue weighted by atomic mass is 16.4. The topological polar surface area (TPSA) is 56.7 Å². The number of pyridine rings is 1. The summed E-state index contributed by atoms with van der Waals surface area (Å²) in [7, 11) is 0. The Balaban J connectivity index is 1.43. The average Bonchev–Trinajstić information content (AvgIpc) is 2.77. The molecule has 1 aromatic heterocycles. The molecule has 3 fully saturated rings. The Morgan fingerprint density at radius 2 is 1.93 bits per heavy atom. The lowest BCUT2D eigenvalue weighted by Gasteiger charge is -2.57. The van der Waals surface area contributed by atoms with Gasteiger partial charge in [0.2, 0.25) is 0 Å². The number of fused-ring (bicyclic) bond motifs is 4. The number of anilines is 1. The molecule has 2 aromatic rings. The van der Waals surface area contributed by atoms with Gasteiger partial charge in [-0.2, -0.15) is 0 Å². The molecule has 152 valence electrons. The molecule has 5 heteroatoms. The summed E-state index contributed by atoms with van der Waals surface area (Å²) in [5.74, 6) is 0.330. The van der Waals surface area contributed by atoms with Gasteiger partial charge in [0.25, 0.3) is 0 Å². The summed E-state index contributed by atoms with van der Waals surface area (Å²) in [6.07, 6.45) is 7.99. The van der Waals surface area contributed by atoms with Crippen molar-refractivity contribution < 1.29 is 9.90 Å². The van der Waals surface area contributed by atoms with E-state index in [1.165, 1.54) is 37.8 Å². The van der Waals surface area contributed by atoms with Crippen molar-refractivity contribution in [2.24, 2.45) is 11.8 Å². The van der Waals surface area contributed by atoms with Gasteiger partial charge in [0.15, 0.2) is 0 Å². The minimum Gasteiger partial charge on any atom is -0.477 e. The fourth-order valence-corrected chi connectivity index (χ4v) is 5.99. The van der Waals surface area contributed by atoms with E-state index >= 15 is 0 Å². The molecule has 4 heterocycles. The van der Waals surface area contributed by atoms with Crippen LogP contribution in [-0.2, 0) is 6.42 Å². The molecule has 0 spiro atoms. The van der Waals surface area contributed by atoms with Crippen molar-refractivity contribution in [1.29, 1.82) is 0 Å². The third kappa shape index (κ3) is 3.64. The van der Waals surface area contributed by atoms with Crippen molar-refractivity contribution >= 4 is 11.7 Å². The van der Waals surface area contributed by atoms with Gasteiger partial charge in [0.1, 0.15) is 5.69 Å². The van der Waals surface area contributed by atoms with Crippen LogP contribution in [0.15, 0.2) is 48.7 Å². The van der Waals surface area contributed by atoms with Gasteiger partial charge in [-0.25, -0.2) is 9.78 Å². The highest BCUT2D eigenvalue weighted by molar-refractivity contribution is 5.86. The number of carboxylic acid groups (broad SMARTS) is 1. The number of aromatic nitrogens is 1. The number of carboxylic acids is 1. The largest absolute Gasteiger partial charge is 0.477 e. The van der Waals surface area contributed by atoms with E-state index in [9.17, 15) is 9.90 Å². The molecular weight excluding hydrogens is 362 g/mol. The molecule has 2 bridgehead atoms. The summed E-state index contributed by atoms with van der Waals surface area (Å²) >= 11 is 0. The lowest BCUT2D eigenvalue weighted by molar-refractivity contribution is -0.0317. The molecule has 0 aliphatic carbocycles. The number of hydrogen-bond acceptors (Lipinski definition) is 4. The molecular formula is C24H29N3O2. The van der Waals surface area contributed by atoms with Crippen molar-refractivity contribution in [3.63, 3.8) is 0 Å². The van der Waals surface area contributed by atoms with Gasteiger partial charge in [-0.3, -0.25) is 4.90 Å². The van der Waals surface area contributed by atoms with Crippen molar-refractivity contribution in [2.75, 3.05) is 24.5 Å². The molecule has 0 amide bonds. The molecule has 5 rings (SSSR count). The van der Waals surface area contributed by atoms with Gasteiger partial charge in [0, 0.05) is 37.1 Å². The lowest BCUT2D eigenvalue weighted by atomic mass is 9.71. The van der Waals surface area contributed by atoms with Crippen LogP contribution in [0.1, 0.15) is 41.7 Å². The van der Waals surface area contributed by atoms with Gasteiger partial charge in [-0.1, -0.05) is 36.8 Å². The molecule has 1 aromatic carbocycles. The van der Waals surface area contributed by atoms with Crippen LogP contribution in [0.4, 0.5) is 5.69 Å². The molecule has 5 nitrogen and oxygen atoms in total. The zero-order chi connectivity index (χ0) is 19.8. The number of benzene rings is 1. The summed E-state index contributed by atoms with van der Waals surface area (Å²) in [5.41, 5.74) is 2.57. The molecule has 4 atom stereocenters. The summed E-state index contributed by atoms with van der Waals surface area (Å²) in [4.78, 5) is 20.7. The lowest BCUT2D eigenvalue weighted by Crippen LogP contribution is -2.64. The van der Waals surface area contributed by atoms with Crippen molar-refractivity contribution in [2.45, 2.75) is 44.2 Å². The Hall–Kier alpha value is -2.40. The monoisotopic (exact) mass is 391 g/mol. The van der Waals surface area contributed by atoms with Crippen LogP contribution in [0.3, 0.4) is 0 Å². The summed E-state index contributed by atoms with van der Waals surface area (Å²) < 4.78 is 0. The van der Waals surface area contributed by atoms with Gasteiger partial charge < -0.3 is 10.0 Å². The van der Waals surface area contributed by atoms with Crippen molar-refractivity contribution in [1.82, 2.24) is 9.88 Å². The minimum absolute atomic E-state index is 0.137. The Bertz CT molecular complexity index is 871. The Morgan fingerprint density at radius 1 is 1.10 bits per heavy atom. The normalized spacial score (nSPS) is 29.3. The molecule has 3 aliphatic rings. The van der Waals surface area contributed by atoms with Crippen molar-refractivity contribution in [3.05, 3.63) is 59.9 Å². The fourth-order valence-electron chi connectivity index (χ4n) is 5.99. The second-order valence-corrected chi connectivity index (χ2v) is 8.92. The maximum absolute atomic E-state index is 11.4. The maximum atomic E-state index is 11.4. The van der Waals surface area contributed by atoms with Crippen LogP contribution in [0, 0.1) is 11.8 Å². The Morgan fingerprint density at radius 3 is 2.76 bits per heavy atom. The van der Waals surface area contributed by atoms with Crippen LogP contribution in [0.5, 0.6) is 0 Å². The third-order valence-corrected chi connectivity index (χ3v) is 7.24. The van der Waals surface area contributed by atoms with Crippen LogP contribution in [-0.4, -0.2) is 52.7 Å². The van der Waals surface area contributed by atoms with Crippen molar-refractivity contribution in [3.8, 4) is 0 Å². The zero-order valence-electron chi connectivity index (χ0n) is 16.8. The number of nitrogens with zero attached hydrogens (tertiary/aromatic N) is 3. The van der Waals surface area contributed by atoms with E-state index in [0.29, 0.717) is 23.9 Å². The number of piperidine rings is 3. The van der Waals surface area contributed by atoms with Gasteiger partial charge in [-0.05, 0) is 61.8 Å². The quantitative estimate of drug-likeness (QED) is 0.861. The predicted octanol–water partition coefficient (Wildman–Crippen LogP) is 3.70. The SMILES string of the molecule is O=C(O)c1cc(N2C[C@H]3C[C@@H](C2)[C@H](Cc2ccccc2)N2CCCC[C@@H]32)ccn1. The van der Waals surface area contributed by atoms with E-state index in [1.807, 2.05) is 6.07 Å². The first-order valence-electron chi connectivity index (χ1n) is 10.9. The minimum atomic E-state index is -0.954. The van der Waals surface area contributed by atoms with E-state index in [1.54, 1.807) is 12.3 Å². The smallest absolute Gasteiger partial charge is 0.354 e. The number of aromatic carboxylic acids is 1. The van der Waals surface area contributed by atoms with Gasteiger partial charge >= 0.3 is 5.97 Å². The van der Waals surface area contributed by atoms with Gasteiger partial charge in [-0.15, -0.1) is 0 Å². The summed E-state index contributed by atoms with van der Waals surface area (Å²) in [6, 6.07) is 15.8. The molecule has 3 aliphatic heterocycles. The predicted molar refractivity (Wildman–Crippen MR) is 113 cm³/mol. The van der Waals surface area contributed by atoms with E-state index in [4.69, 9.17) is 0 Å². The van der Waals surface area contributed by atoms with Crippen LogP contribution >= 0.6 is 0 Å². The molecule has 0 saturated carbocycles. The average molecular weight is 392 g/mol. The first-order chi connectivity index (χ1) is 14.2. The number of rotatable bonds is 4. The molecule has 0 unspecified atom stereocenters. The summed E-state index contributed by atoms with van der Waals surface area (Å²) in [5, 5.41) is 9.34. The molecule has 3 saturated heterocycles. The van der Waals surface area contributed by atoms with E-state index in [-0.39, 0.29) is 5.69 Å². The standard InChI is InChI=1S/C24H29N3O2/c28-24(29)21-14-20(9-10-25-21)26-15-18-13-19(16-26)23(12-17-6-2-1-3-7-17)27-11-5-4-8-22(18)27/h1-3,6-7,9-10,14,18-19,22-23H,4-5,8,11-13,15-16H2,(H,28,29)/t18-,19+,22+,23+/m1/s1. The maximum Gasteiger partial charge on any atom is 0.354 e. The van der Waals surface area contributed by atoms with Crippen LogP contribution in [0.25, 0.3) is 0 Å². The van der Waals surface area contributed by atoms with Crippen LogP contribution in [0.2, 0.25) is 0 Å². The second-order valence-electron chi connectivity index (χ2n) is 8.92. The van der Waals surface area contributed by atoms with E-state index < -0.39 is 5.97 Å². The Kier molecular flexibility index (Phi) is 5.00. The second kappa shape index (κ2) is 7.79. The highest BCUT2D eigenvalue weighted by Gasteiger charge is 2.47. The zero-order valence-corrected chi connectivity index (χ0v) is 16.8. The van der Waals surface area contributed by atoms with Gasteiger partial charge in [0.05, 0.1) is 0 Å². The third-order valence-electron chi connectivity index (χ3n) is 7.24. The number of carbonyl (C=O) groups is 1. The fraction of sp³-hybridized carbons (Fsp3) is 0.500. The molecule has 1 N–H and O–H groups in total.